The molecule has 2 aliphatic rings. The van der Waals surface area contributed by atoms with E-state index in [2.05, 4.69) is 0 Å². The normalized spacial score (nSPS) is 42.1. The molecule has 2 fully saturated rings. The minimum absolute atomic E-state index is 0.0000507. The van der Waals surface area contributed by atoms with Crippen molar-refractivity contribution in [1.29, 1.82) is 0 Å². The van der Waals surface area contributed by atoms with Crippen LogP contribution in [0, 0.1) is 0 Å². The van der Waals surface area contributed by atoms with E-state index in [1.807, 2.05) is 0 Å². The molecule has 0 aromatic carbocycles. The maximum absolute atomic E-state index is 11.4. The van der Waals surface area contributed by atoms with E-state index in [-0.39, 0.29) is 33.5 Å². The van der Waals surface area contributed by atoms with E-state index in [0.29, 0.717) is 0 Å². The number of alkyl halides is 2. The minimum atomic E-state index is -3.04. The van der Waals surface area contributed by atoms with Crippen molar-refractivity contribution >= 4 is 64.5 Å². The summed E-state index contributed by atoms with van der Waals surface area (Å²) in [5.74, 6) is 0.122. The van der Waals surface area contributed by atoms with Crippen LogP contribution in [0.15, 0.2) is 0 Å². The molecule has 0 unspecified atom stereocenters. The molecule has 0 aromatic heterocycles. The SMILES string of the molecule is O=S1(=O)C[C@H](Cl)[C@H](SS[C@@H]2CS(=O)(=O)C[C@@H]2Cl)C1. The maximum atomic E-state index is 11.4. The molecule has 18 heavy (non-hydrogen) atoms. The summed E-state index contributed by atoms with van der Waals surface area (Å²) in [6.07, 6.45) is 0. The second-order valence-electron chi connectivity index (χ2n) is 4.46. The first kappa shape index (κ1) is 15.6. The second kappa shape index (κ2) is 5.52. The van der Waals surface area contributed by atoms with E-state index in [0.717, 1.165) is 0 Å². The molecule has 0 aromatic rings. The summed E-state index contributed by atoms with van der Waals surface area (Å²) in [6, 6.07) is 0. The third-order valence-electron chi connectivity index (χ3n) is 2.77. The fourth-order valence-corrected chi connectivity index (χ4v) is 12.6. The molecule has 4 nitrogen and oxygen atoms in total. The molecule has 106 valence electrons. The van der Waals surface area contributed by atoms with Crippen molar-refractivity contribution in [3.8, 4) is 0 Å². The van der Waals surface area contributed by atoms with E-state index in [4.69, 9.17) is 23.2 Å². The Kier molecular flexibility index (Phi) is 4.77. The van der Waals surface area contributed by atoms with Gasteiger partial charge in [0.05, 0.1) is 33.8 Å². The molecule has 0 aliphatic carbocycles. The van der Waals surface area contributed by atoms with Crippen LogP contribution in [0.4, 0.5) is 0 Å². The molecule has 2 aliphatic heterocycles. The van der Waals surface area contributed by atoms with Crippen LogP contribution in [-0.2, 0) is 19.7 Å². The Morgan fingerprint density at radius 2 is 1.06 bits per heavy atom. The zero-order valence-electron chi connectivity index (χ0n) is 9.16. The van der Waals surface area contributed by atoms with E-state index in [9.17, 15) is 16.8 Å². The Hall–Kier alpha value is 1.18. The molecule has 0 bridgehead atoms. The third-order valence-corrected chi connectivity index (χ3v) is 11.7. The Bertz CT molecular complexity index is 469. The summed E-state index contributed by atoms with van der Waals surface area (Å²) in [6.45, 7) is 0. The van der Waals surface area contributed by atoms with Gasteiger partial charge in [0, 0.05) is 10.5 Å². The standard InChI is InChI=1S/C8H12Cl2O4S4/c9-5-1-17(11,12)3-7(5)15-16-8-4-18(13,14)2-6(8)10/h5-8H,1-4H2/t5-,6-,7+,8+/m0/s1. The van der Waals surface area contributed by atoms with Crippen molar-refractivity contribution < 1.29 is 16.8 Å². The molecule has 0 amide bonds. The molecule has 0 spiro atoms. The molecule has 4 atom stereocenters. The first-order chi connectivity index (χ1) is 8.19. The largest absolute Gasteiger partial charge is 0.229 e. The van der Waals surface area contributed by atoms with Crippen LogP contribution in [0.1, 0.15) is 0 Å². The molecule has 2 heterocycles. The highest BCUT2D eigenvalue weighted by atomic mass is 35.5. The van der Waals surface area contributed by atoms with E-state index in [1.165, 1.54) is 21.6 Å². The Labute approximate surface area is 125 Å². The lowest BCUT2D eigenvalue weighted by Crippen LogP contribution is -2.17. The van der Waals surface area contributed by atoms with E-state index in [1.54, 1.807) is 0 Å². The minimum Gasteiger partial charge on any atom is -0.229 e. The summed E-state index contributed by atoms with van der Waals surface area (Å²) in [7, 11) is -3.38. The molecule has 10 heteroatoms. The summed E-state index contributed by atoms with van der Waals surface area (Å²) in [5.41, 5.74) is 0. The highest BCUT2D eigenvalue weighted by molar-refractivity contribution is 8.77. The number of rotatable bonds is 3. The molecular formula is C8H12Cl2O4S4. The van der Waals surface area contributed by atoms with Crippen molar-refractivity contribution in [3.63, 3.8) is 0 Å². The van der Waals surface area contributed by atoms with Gasteiger partial charge in [0.25, 0.3) is 0 Å². The molecule has 2 saturated heterocycles. The number of hydrogen-bond donors (Lipinski definition) is 0. The van der Waals surface area contributed by atoms with Crippen molar-refractivity contribution in [2.24, 2.45) is 0 Å². The predicted molar refractivity (Wildman–Crippen MR) is 79.3 cm³/mol. The number of halogens is 2. The van der Waals surface area contributed by atoms with Gasteiger partial charge < -0.3 is 0 Å². The van der Waals surface area contributed by atoms with Gasteiger partial charge in [0.1, 0.15) is 0 Å². The highest BCUT2D eigenvalue weighted by Gasteiger charge is 2.41. The van der Waals surface area contributed by atoms with Gasteiger partial charge in [-0.1, -0.05) is 21.6 Å². The smallest absolute Gasteiger partial charge is 0.152 e. The van der Waals surface area contributed by atoms with E-state index < -0.39 is 30.4 Å². The van der Waals surface area contributed by atoms with Gasteiger partial charge in [-0.3, -0.25) is 0 Å². The maximum Gasteiger partial charge on any atom is 0.152 e. The average Bonchev–Trinajstić information content (AvgIpc) is 2.59. The zero-order valence-corrected chi connectivity index (χ0v) is 13.9. The van der Waals surface area contributed by atoms with Gasteiger partial charge in [-0.15, -0.1) is 23.2 Å². The van der Waals surface area contributed by atoms with Crippen LogP contribution >= 0.6 is 44.8 Å². The van der Waals surface area contributed by atoms with Crippen LogP contribution in [0.5, 0.6) is 0 Å². The fourth-order valence-electron chi connectivity index (χ4n) is 1.86. The van der Waals surface area contributed by atoms with Crippen LogP contribution in [0.2, 0.25) is 0 Å². The van der Waals surface area contributed by atoms with Crippen LogP contribution in [0.3, 0.4) is 0 Å². The number of hydrogen-bond acceptors (Lipinski definition) is 6. The first-order valence-corrected chi connectivity index (χ1v) is 12.0. The van der Waals surface area contributed by atoms with Crippen molar-refractivity contribution in [3.05, 3.63) is 0 Å². The lowest BCUT2D eigenvalue weighted by atomic mass is 10.4. The monoisotopic (exact) mass is 370 g/mol. The van der Waals surface area contributed by atoms with Gasteiger partial charge in [0.15, 0.2) is 19.7 Å². The lowest BCUT2D eigenvalue weighted by molar-refractivity contribution is 0.600. The summed E-state index contributed by atoms with van der Waals surface area (Å²) >= 11 is 12.0. The van der Waals surface area contributed by atoms with Gasteiger partial charge in [-0.2, -0.15) is 0 Å². The van der Waals surface area contributed by atoms with Crippen LogP contribution in [0.25, 0.3) is 0 Å². The van der Waals surface area contributed by atoms with Crippen molar-refractivity contribution in [1.82, 2.24) is 0 Å². The number of sulfone groups is 2. The second-order valence-corrected chi connectivity index (χ2v) is 12.6. The molecule has 2 rings (SSSR count). The van der Waals surface area contributed by atoms with Crippen LogP contribution < -0.4 is 0 Å². The predicted octanol–water partition coefficient (Wildman–Crippen LogP) is 1.18. The zero-order chi connectivity index (χ0) is 13.6. The summed E-state index contributed by atoms with van der Waals surface area (Å²) < 4.78 is 45.5. The molecule has 0 radical (unpaired) electrons. The molecule has 0 N–H and O–H groups in total. The Morgan fingerprint density at radius 1 is 0.722 bits per heavy atom. The van der Waals surface area contributed by atoms with Gasteiger partial charge >= 0.3 is 0 Å². The van der Waals surface area contributed by atoms with Crippen molar-refractivity contribution in [2.75, 3.05) is 23.0 Å². The average molecular weight is 371 g/mol. The van der Waals surface area contributed by atoms with Gasteiger partial charge in [-0.25, -0.2) is 16.8 Å². The van der Waals surface area contributed by atoms with Gasteiger partial charge in [0.2, 0.25) is 0 Å². The highest BCUT2D eigenvalue weighted by Crippen LogP contribution is 2.42. The van der Waals surface area contributed by atoms with Gasteiger partial charge in [-0.05, 0) is 0 Å². The fraction of sp³-hybridized carbons (Fsp3) is 1.00. The van der Waals surface area contributed by atoms with Crippen LogP contribution in [-0.4, -0.2) is 61.1 Å². The lowest BCUT2D eigenvalue weighted by Gasteiger charge is -2.15. The Balaban J connectivity index is 1.90. The quantitative estimate of drug-likeness (QED) is 0.548. The van der Waals surface area contributed by atoms with Crippen molar-refractivity contribution in [2.45, 2.75) is 21.3 Å². The Morgan fingerprint density at radius 3 is 1.28 bits per heavy atom. The molecular weight excluding hydrogens is 359 g/mol. The molecule has 0 saturated carbocycles. The first-order valence-electron chi connectivity index (χ1n) is 5.20. The third kappa shape index (κ3) is 3.85. The summed E-state index contributed by atoms with van der Waals surface area (Å²) in [4.78, 5) is 0. The summed E-state index contributed by atoms with van der Waals surface area (Å²) in [5, 5.41) is -1.18. The van der Waals surface area contributed by atoms with E-state index >= 15 is 0 Å². The topological polar surface area (TPSA) is 68.3 Å².